The number of aromatic nitrogens is 1. The lowest BCUT2D eigenvalue weighted by Gasteiger charge is -1.99. The third-order valence-corrected chi connectivity index (χ3v) is 4.09. The fourth-order valence-corrected chi connectivity index (χ4v) is 2.82. The van der Waals surface area contributed by atoms with Crippen LogP contribution in [0.2, 0.25) is 0 Å². The van der Waals surface area contributed by atoms with Gasteiger partial charge in [0.15, 0.2) is 0 Å². The van der Waals surface area contributed by atoms with Crippen molar-refractivity contribution in [2.24, 2.45) is 0 Å². The maximum absolute atomic E-state index is 11.7. The van der Waals surface area contributed by atoms with Gasteiger partial charge in [0, 0.05) is 17.0 Å². The number of thiazole rings is 1. The molecule has 0 atom stereocenters. The molecule has 0 aliphatic carbocycles. The number of rotatable bonds is 5. The maximum atomic E-state index is 11.7. The molecular weight excluding hydrogens is 306 g/mol. The Morgan fingerprint density at radius 2 is 1.74 bits per heavy atom. The smallest absolute Gasteiger partial charge is 0.331 e. The molecule has 1 heterocycles. The first kappa shape index (κ1) is 15.2. The molecule has 2 aromatic carbocycles. The van der Waals surface area contributed by atoms with Crippen molar-refractivity contribution < 1.29 is 9.53 Å². The van der Waals surface area contributed by atoms with Crippen molar-refractivity contribution in [1.29, 1.82) is 0 Å². The summed E-state index contributed by atoms with van der Waals surface area (Å²) >= 11 is 1.54. The molecule has 3 rings (SSSR count). The average molecular weight is 321 g/mol. The quantitative estimate of drug-likeness (QED) is 0.510. The van der Waals surface area contributed by atoms with Crippen LogP contribution in [0, 0.1) is 0 Å². The molecule has 3 nitrogen and oxygen atoms in total. The number of ether oxygens (including phenoxy) is 1. The normalized spacial score (nSPS) is 10.8. The monoisotopic (exact) mass is 321 g/mol. The van der Waals surface area contributed by atoms with Gasteiger partial charge in [0.05, 0.1) is 5.69 Å². The highest BCUT2D eigenvalue weighted by Crippen LogP contribution is 2.23. The third kappa shape index (κ3) is 4.37. The minimum atomic E-state index is -0.372. The van der Waals surface area contributed by atoms with Gasteiger partial charge < -0.3 is 4.74 Å². The summed E-state index contributed by atoms with van der Waals surface area (Å²) in [6.07, 6.45) is 3.17. The summed E-state index contributed by atoms with van der Waals surface area (Å²) in [5.41, 5.74) is 2.79. The lowest BCUT2D eigenvalue weighted by atomic mass is 10.2. The molecule has 0 N–H and O–H groups in total. The van der Waals surface area contributed by atoms with Crippen LogP contribution in [0.15, 0.2) is 72.1 Å². The highest BCUT2D eigenvalue weighted by atomic mass is 32.1. The molecule has 0 aliphatic rings. The van der Waals surface area contributed by atoms with Crippen LogP contribution < -0.4 is 0 Å². The van der Waals surface area contributed by atoms with E-state index in [0.29, 0.717) is 0 Å². The van der Waals surface area contributed by atoms with Crippen molar-refractivity contribution in [1.82, 2.24) is 4.98 Å². The Morgan fingerprint density at radius 3 is 2.48 bits per heavy atom. The van der Waals surface area contributed by atoms with Gasteiger partial charge in [-0.25, -0.2) is 9.78 Å². The van der Waals surface area contributed by atoms with E-state index in [0.717, 1.165) is 21.8 Å². The summed E-state index contributed by atoms with van der Waals surface area (Å²) in [6.45, 7) is 0.182. The molecule has 0 saturated carbocycles. The molecule has 114 valence electrons. The van der Waals surface area contributed by atoms with Gasteiger partial charge in [-0.05, 0) is 11.6 Å². The Morgan fingerprint density at radius 1 is 1.04 bits per heavy atom. The number of carbonyl (C=O) groups is 1. The van der Waals surface area contributed by atoms with E-state index in [1.807, 2.05) is 66.0 Å². The molecule has 0 fully saturated rings. The van der Waals surface area contributed by atoms with Crippen molar-refractivity contribution in [3.63, 3.8) is 0 Å². The first-order chi connectivity index (χ1) is 11.3. The van der Waals surface area contributed by atoms with Crippen LogP contribution in [0.1, 0.15) is 11.3 Å². The van der Waals surface area contributed by atoms with E-state index in [2.05, 4.69) is 4.98 Å². The number of nitrogens with zero attached hydrogens (tertiary/aromatic N) is 1. The van der Waals surface area contributed by atoms with Gasteiger partial charge in [-0.2, -0.15) is 0 Å². The van der Waals surface area contributed by atoms with E-state index in [9.17, 15) is 4.79 Å². The van der Waals surface area contributed by atoms with Gasteiger partial charge in [-0.1, -0.05) is 60.7 Å². The zero-order valence-corrected chi connectivity index (χ0v) is 13.2. The first-order valence-electron chi connectivity index (χ1n) is 7.21. The minimum absolute atomic E-state index is 0.182. The topological polar surface area (TPSA) is 39.2 Å². The largest absolute Gasteiger partial charge is 0.456 e. The van der Waals surface area contributed by atoms with Crippen LogP contribution in [0.25, 0.3) is 16.6 Å². The number of hydrogen-bond donors (Lipinski definition) is 0. The molecule has 4 heteroatoms. The van der Waals surface area contributed by atoms with E-state index < -0.39 is 0 Å². The van der Waals surface area contributed by atoms with E-state index in [1.165, 1.54) is 6.08 Å². The molecule has 0 unspecified atom stereocenters. The van der Waals surface area contributed by atoms with Crippen LogP contribution in [0.5, 0.6) is 0 Å². The molecular formula is C19H15NO2S. The summed E-state index contributed by atoms with van der Waals surface area (Å²) in [4.78, 5) is 16.2. The zero-order chi connectivity index (χ0) is 15.9. The number of hydrogen-bond acceptors (Lipinski definition) is 4. The summed E-state index contributed by atoms with van der Waals surface area (Å²) < 4.78 is 5.22. The van der Waals surface area contributed by atoms with Crippen LogP contribution in [-0.4, -0.2) is 11.0 Å². The van der Waals surface area contributed by atoms with Crippen molar-refractivity contribution in [2.45, 2.75) is 6.61 Å². The van der Waals surface area contributed by atoms with E-state index in [4.69, 9.17) is 4.74 Å². The predicted molar refractivity (Wildman–Crippen MR) is 92.8 cm³/mol. The lowest BCUT2D eigenvalue weighted by molar-refractivity contribution is -0.139. The van der Waals surface area contributed by atoms with Gasteiger partial charge in [0.1, 0.15) is 11.6 Å². The third-order valence-electron chi connectivity index (χ3n) is 3.15. The second-order valence-corrected chi connectivity index (χ2v) is 5.72. The van der Waals surface area contributed by atoms with Gasteiger partial charge in [0.2, 0.25) is 0 Å². The Hall–Kier alpha value is -2.72. The second kappa shape index (κ2) is 7.51. The van der Waals surface area contributed by atoms with Gasteiger partial charge in [-0.15, -0.1) is 11.3 Å². The number of esters is 1. The second-order valence-electron chi connectivity index (χ2n) is 4.86. The summed E-state index contributed by atoms with van der Waals surface area (Å²) in [5.74, 6) is -0.372. The highest BCUT2D eigenvalue weighted by Gasteiger charge is 2.06. The van der Waals surface area contributed by atoms with E-state index in [-0.39, 0.29) is 12.6 Å². The molecule has 1 aromatic heterocycles. The lowest BCUT2D eigenvalue weighted by Crippen LogP contribution is -2.00. The van der Waals surface area contributed by atoms with Crippen LogP contribution in [-0.2, 0) is 16.1 Å². The average Bonchev–Trinajstić information content (AvgIpc) is 3.09. The summed E-state index contributed by atoms with van der Waals surface area (Å²) in [5, 5.41) is 2.84. The fraction of sp³-hybridized carbons (Fsp3) is 0.0526. The van der Waals surface area contributed by atoms with E-state index in [1.54, 1.807) is 17.4 Å². The van der Waals surface area contributed by atoms with E-state index >= 15 is 0 Å². The fourth-order valence-electron chi connectivity index (χ4n) is 2.01. The Kier molecular flexibility index (Phi) is 4.96. The van der Waals surface area contributed by atoms with Gasteiger partial charge in [0.25, 0.3) is 0 Å². The molecule has 0 radical (unpaired) electrons. The van der Waals surface area contributed by atoms with Crippen molar-refractivity contribution in [3.05, 3.63) is 83.4 Å². The van der Waals surface area contributed by atoms with Crippen LogP contribution in [0.4, 0.5) is 0 Å². The molecule has 3 aromatic rings. The molecule has 0 bridgehead atoms. The number of carbonyl (C=O) groups excluding carboxylic acids is 1. The van der Waals surface area contributed by atoms with Crippen molar-refractivity contribution >= 4 is 23.4 Å². The van der Waals surface area contributed by atoms with Crippen molar-refractivity contribution in [2.75, 3.05) is 0 Å². The zero-order valence-electron chi connectivity index (χ0n) is 12.4. The molecule has 0 saturated heterocycles. The SMILES string of the molecule is O=C(C=Cc1ccccc1)OCc1csc(-c2ccccc2)n1. The molecule has 0 aliphatic heterocycles. The van der Waals surface area contributed by atoms with Crippen molar-refractivity contribution in [3.8, 4) is 10.6 Å². The molecule has 23 heavy (non-hydrogen) atoms. The number of benzene rings is 2. The summed E-state index contributed by atoms with van der Waals surface area (Å²) in [6, 6.07) is 19.6. The Labute approximate surface area is 138 Å². The molecule has 0 amide bonds. The summed E-state index contributed by atoms with van der Waals surface area (Å²) in [7, 11) is 0. The predicted octanol–water partition coefficient (Wildman–Crippen LogP) is 4.57. The maximum Gasteiger partial charge on any atom is 0.331 e. The standard InChI is InChI=1S/C19H15NO2S/c21-18(12-11-15-7-3-1-4-8-15)22-13-17-14-23-19(20-17)16-9-5-2-6-10-16/h1-12,14H,13H2. The molecule has 0 spiro atoms. The Balaban J connectivity index is 1.55. The minimum Gasteiger partial charge on any atom is -0.456 e. The Bertz CT molecular complexity index is 795. The highest BCUT2D eigenvalue weighted by molar-refractivity contribution is 7.13. The first-order valence-corrected chi connectivity index (χ1v) is 8.09. The van der Waals surface area contributed by atoms with Gasteiger partial charge in [-0.3, -0.25) is 0 Å². The van der Waals surface area contributed by atoms with Gasteiger partial charge >= 0.3 is 5.97 Å². The van der Waals surface area contributed by atoms with Crippen LogP contribution in [0.3, 0.4) is 0 Å². The van der Waals surface area contributed by atoms with Crippen LogP contribution >= 0.6 is 11.3 Å².